The lowest BCUT2D eigenvalue weighted by Gasteiger charge is -2.42. The number of fused-ring (bicyclic) bond motifs is 1. The minimum atomic E-state index is -1.41. The van der Waals surface area contributed by atoms with E-state index in [-0.39, 0.29) is 17.7 Å². The molecule has 1 amide bonds. The van der Waals surface area contributed by atoms with Gasteiger partial charge in [-0.25, -0.2) is 4.79 Å². The zero-order valence-corrected chi connectivity index (χ0v) is 29.3. The maximum absolute atomic E-state index is 13.6. The van der Waals surface area contributed by atoms with Gasteiger partial charge in [0, 0.05) is 38.4 Å². The fourth-order valence-electron chi connectivity index (χ4n) is 7.38. The first-order valence-corrected chi connectivity index (χ1v) is 17.0. The number of aliphatic hydroxyl groups excluding tert-OH is 1. The molecule has 1 unspecified atom stereocenters. The highest BCUT2D eigenvalue weighted by Crippen LogP contribution is 2.41. The highest BCUT2D eigenvalue weighted by atomic mass is 16.6. The van der Waals surface area contributed by atoms with Crippen LogP contribution in [0.5, 0.6) is 0 Å². The van der Waals surface area contributed by atoms with Crippen LogP contribution >= 0.6 is 0 Å². The van der Waals surface area contributed by atoms with E-state index in [1.165, 1.54) is 0 Å². The molecule has 0 bridgehead atoms. The van der Waals surface area contributed by atoms with Gasteiger partial charge < -0.3 is 24.6 Å². The number of aromatic nitrogens is 4. The normalized spacial score (nSPS) is 36.0. The summed E-state index contributed by atoms with van der Waals surface area (Å²) >= 11 is 0. The van der Waals surface area contributed by atoms with Crippen molar-refractivity contribution in [3.63, 3.8) is 0 Å². The first kappa shape index (κ1) is 37.0. The van der Waals surface area contributed by atoms with Gasteiger partial charge in [0.1, 0.15) is 17.6 Å². The molecular formula is C34H53BN6O6. The number of nitrogens with zero attached hydrogens (tertiary/aromatic N) is 5. The molecule has 0 aromatic carbocycles. The van der Waals surface area contributed by atoms with Crippen LogP contribution in [-0.2, 0) is 25.5 Å². The number of unbranched alkanes of at least 4 members (excludes halogenated alkanes) is 1. The summed E-state index contributed by atoms with van der Waals surface area (Å²) < 4.78 is 20.1. The number of methoxy groups -OCH3 is 1. The van der Waals surface area contributed by atoms with Crippen molar-refractivity contribution in [3.05, 3.63) is 30.6 Å². The summed E-state index contributed by atoms with van der Waals surface area (Å²) in [6.07, 6.45) is 3.62. The molecule has 2 radical (unpaired) electrons. The Hall–Kier alpha value is -2.87. The van der Waals surface area contributed by atoms with Gasteiger partial charge in [0.25, 0.3) is 0 Å². The molecule has 0 aliphatic carbocycles. The molecule has 12 nitrogen and oxygen atoms in total. The predicted octanol–water partition coefficient (Wildman–Crippen LogP) is 4.03. The number of aryl methyl sites for hydroxylation is 1. The summed E-state index contributed by atoms with van der Waals surface area (Å²) in [5.41, 5.74) is -0.399. The van der Waals surface area contributed by atoms with E-state index in [1.807, 2.05) is 45.2 Å². The highest BCUT2D eigenvalue weighted by molar-refractivity contribution is 6.14. The predicted molar refractivity (Wildman–Crippen MR) is 179 cm³/mol. The number of ketones is 1. The molecule has 13 heteroatoms. The number of hydrogen-bond donors (Lipinski definition) is 2. The lowest BCUT2D eigenvalue weighted by atomic mass is 9.62. The van der Waals surface area contributed by atoms with Gasteiger partial charge in [-0.05, 0) is 76.9 Å². The molecule has 0 spiro atoms. The zero-order chi connectivity index (χ0) is 34.5. The Labute approximate surface area is 280 Å². The smallest absolute Gasteiger partial charge is 0.410 e. The fourth-order valence-corrected chi connectivity index (χ4v) is 7.38. The molecule has 4 heterocycles. The summed E-state index contributed by atoms with van der Waals surface area (Å²) in [7, 11) is 8.30. The van der Waals surface area contributed by atoms with Crippen LogP contribution in [0.1, 0.15) is 74.1 Å². The Balaban J connectivity index is 1.54. The van der Waals surface area contributed by atoms with Crippen molar-refractivity contribution in [1.82, 2.24) is 30.2 Å². The lowest BCUT2D eigenvalue weighted by Crippen LogP contribution is -2.61. The molecule has 258 valence electrons. The van der Waals surface area contributed by atoms with Crippen LogP contribution in [0.3, 0.4) is 0 Å². The van der Waals surface area contributed by atoms with E-state index in [0.717, 1.165) is 12.1 Å². The van der Waals surface area contributed by atoms with Crippen molar-refractivity contribution in [2.75, 3.05) is 20.2 Å². The number of pyridine rings is 1. The second-order valence-corrected chi connectivity index (χ2v) is 13.9. The SMILES string of the molecule is [B][C@@H]1[C@H](C)C(=O)[C@@H](C)C(O)O[C@H](CC)[C@@]2(C)OC(=O)N(CCCCn3cc(-c4ccccn4)nn3)[C@@H]2[C@@H](C)NC[C@H](C)C[C@@]1(C)OC. The van der Waals surface area contributed by atoms with Crippen LogP contribution in [0.25, 0.3) is 11.4 Å². The van der Waals surface area contributed by atoms with Crippen LogP contribution < -0.4 is 5.32 Å². The van der Waals surface area contributed by atoms with Crippen molar-refractivity contribution >= 4 is 19.7 Å². The van der Waals surface area contributed by atoms with Crippen LogP contribution in [0.4, 0.5) is 4.79 Å². The zero-order valence-electron chi connectivity index (χ0n) is 29.3. The molecule has 4 rings (SSSR count). The van der Waals surface area contributed by atoms with Crippen LogP contribution in [-0.4, -0.2) is 106 Å². The number of nitrogens with one attached hydrogen (secondary N) is 1. The Bertz CT molecular complexity index is 1330. The standard InChI is InChI=1S/C34H53BN6O6/c1-9-27-34(7)30(41(32(44)47-34)17-13-12-16-40-20-26(38-39-40)25-14-10-11-15-36-25)24(5)37-19-21(2)18-33(6,45-8)29(35)22(3)28(42)23(4)31(43)46-27/h10-11,14-15,20-24,27,29-31,37,43H,9,12-13,16-19H2,1-8H3/t21-,22-,23-,24-,27-,29-,30-,31?,33-,34-/m1/s1. The van der Waals surface area contributed by atoms with Gasteiger partial charge in [-0.2, -0.15) is 0 Å². The average molecular weight is 653 g/mol. The minimum Gasteiger partial charge on any atom is -0.438 e. The van der Waals surface area contributed by atoms with Gasteiger partial charge in [0.15, 0.2) is 11.9 Å². The second kappa shape index (κ2) is 15.6. The summed E-state index contributed by atoms with van der Waals surface area (Å²) in [5, 5.41) is 23.4. The first-order valence-electron chi connectivity index (χ1n) is 17.0. The summed E-state index contributed by atoms with van der Waals surface area (Å²) in [4.78, 5) is 33.3. The highest BCUT2D eigenvalue weighted by Gasteiger charge is 2.58. The van der Waals surface area contributed by atoms with Gasteiger partial charge in [-0.1, -0.05) is 39.0 Å². The molecule has 10 atom stereocenters. The number of hydrogen-bond acceptors (Lipinski definition) is 10. The molecule has 2 aliphatic heterocycles. The van der Waals surface area contributed by atoms with E-state index in [4.69, 9.17) is 22.1 Å². The van der Waals surface area contributed by atoms with Crippen molar-refractivity contribution in [3.8, 4) is 11.4 Å². The number of amides is 1. The monoisotopic (exact) mass is 652 g/mol. The largest absolute Gasteiger partial charge is 0.438 e. The molecule has 2 saturated heterocycles. The maximum Gasteiger partial charge on any atom is 0.410 e. The minimum absolute atomic E-state index is 0.138. The van der Waals surface area contributed by atoms with Gasteiger partial charge in [0.2, 0.25) is 0 Å². The van der Waals surface area contributed by atoms with Crippen LogP contribution in [0, 0.1) is 17.8 Å². The maximum atomic E-state index is 13.6. The number of rotatable bonds is 8. The molecule has 0 saturated carbocycles. The molecule has 2 aromatic heterocycles. The summed E-state index contributed by atoms with van der Waals surface area (Å²) in [5.74, 6) is -2.09. The van der Waals surface area contributed by atoms with Crippen molar-refractivity contribution in [2.45, 2.75) is 122 Å². The number of carbonyl (C=O) groups is 2. The molecule has 2 N–H and O–H groups in total. The van der Waals surface area contributed by atoms with Gasteiger partial charge >= 0.3 is 6.09 Å². The Kier molecular flexibility index (Phi) is 12.2. The molecule has 47 heavy (non-hydrogen) atoms. The topological polar surface area (TPSA) is 141 Å². The fraction of sp³-hybridized carbons (Fsp3) is 0.735. The number of ether oxygens (including phenoxy) is 3. The van der Waals surface area contributed by atoms with Crippen molar-refractivity contribution < 1.29 is 28.9 Å². The quantitative estimate of drug-likeness (QED) is 0.317. The molecular weight excluding hydrogens is 599 g/mol. The van der Waals surface area contributed by atoms with E-state index in [1.54, 1.807) is 36.7 Å². The third-order valence-electron chi connectivity index (χ3n) is 10.3. The molecule has 2 aliphatic rings. The third kappa shape index (κ3) is 8.06. The van der Waals surface area contributed by atoms with Crippen LogP contribution in [0.15, 0.2) is 30.6 Å². The average Bonchev–Trinajstić information content (AvgIpc) is 3.64. The van der Waals surface area contributed by atoms with E-state index in [9.17, 15) is 14.7 Å². The summed E-state index contributed by atoms with van der Waals surface area (Å²) in [6, 6.07) is 5.06. The number of carbonyl (C=O) groups excluding carboxylic acids is 2. The number of aliphatic hydroxyl groups is 1. The molecule has 2 aromatic rings. The van der Waals surface area contributed by atoms with E-state index in [2.05, 4.69) is 34.5 Å². The Morgan fingerprint density at radius 1 is 1.11 bits per heavy atom. The van der Waals surface area contributed by atoms with Gasteiger partial charge in [-0.15, -0.1) is 5.10 Å². The summed E-state index contributed by atoms with van der Waals surface area (Å²) in [6.45, 7) is 15.1. The Morgan fingerprint density at radius 2 is 1.83 bits per heavy atom. The number of Topliss-reactive ketones (excluding diaryl/α,β-unsaturated/α-hetero) is 1. The van der Waals surface area contributed by atoms with E-state index < -0.39 is 53.4 Å². The first-order chi connectivity index (χ1) is 22.3. The Morgan fingerprint density at radius 3 is 2.49 bits per heavy atom. The van der Waals surface area contributed by atoms with Gasteiger partial charge in [0.05, 0.1) is 37.3 Å². The second-order valence-electron chi connectivity index (χ2n) is 13.9. The van der Waals surface area contributed by atoms with Crippen LogP contribution in [0.2, 0.25) is 5.82 Å². The van der Waals surface area contributed by atoms with Crippen molar-refractivity contribution in [2.24, 2.45) is 17.8 Å². The van der Waals surface area contributed by atoms with Crippen molar-refractivity contribution in [1.29, 1.82) is 0 Å². The lowest BCUT2D eigenvalue weighted by molar-refractivity contribution is -0.210. The molecule has 2 fully saturated rings. The van der Waals surface area contributed by atoms with E-state index in [0.29, 0.717) is 44.6 Å². The van der Waals surface area contributed by atoms with E-state index >= 15 is 0 Å². The van der Waals surface area contributed by atoms with Gasteiger partial charge in [-0.3, -0.25) is 19.4 Å². The third-order valence-corrected chi connectivity index (χ3v) is 10.3.